The summed E-state index contributed by atoms with van der Waals surface area (Å²) in [6.45, 7) is 12.9. The number of nitrogens with one attached hydrogen (secondary N) is 1. The molecule has 0 unspecified atom stereocenters. The molecule has 0 aromatic carbocycles. The maximum atomic E-state index is 5.56. The molecule has 5 nitrogen and oxygen atoms in total. The minimum Gasteiger partial charge on any atom is -0.381 e. The van der Waals surface area contributed by atoms with Crippen LogP contribution < -0.4 is 5.32 Å². The normalized spacial score (nSPS) is 11.2. The van der Waals surface area contributed by atoms with Gasteiger partial charge in [0.1, 0.15) is 0 Å². The van der Waals surface area contributed by atoms with E-state index in [4.69, 9.17) is 18.9 Å². The number of hydrogen-bond acceptors (Lipinski definition) is 5. The molecule has 0 saturated heterocycles. The molecule has 0 aliphatic heterocycles. The first-order valence-corrected chi connectivity index (χ1v) is 9.43. The van der Waals surface area contributed by atoms with Crippen LogP contribution in [0.1, 0.15) is 52.4 Å². The third-order valence-electron chi connectivity index (χ3n) is 3.14. The maximum Gasteiger partial charge on any atom is 0.0487 e. The van der Waals surface area contributed by atoms with E-state index >= 15 is 0 Å². The molecule has 0 amide bonds. The van der Waals surface area contributed by atoms with Gasteiger partial charge in [0.25, 0.3) is 0 Å². The van der Waals surface area contributed by atoms with Crippen LogP contribution in [0.4, 0.5) is 0 Å². The average molecular weight is 334 g/mol. The van der Waals surface area contributed by atoms with Gasteiger partial charge in [-0.15, -0.1) is 0 Å². The summed E-state index contributed by atoms with van der Waals surface area (Å²) < 4.78 is 21.9. The lowest BCUT2D eigenvalue weighted by molar-refractivity contribution is 0.0804. The van der Waals surface area contributed by atoms with E-state index < -0.39 is 0 Å². The van der Waals surface area contributed by atoms with Crippen LogP contribution in [-0.4, -0.2) is 65.9 Å². The van der Waals surface area contributed by atoms with Crippen LogP contribution in [0.15, 0.2) is 0 Å². The summed E-state index contributed by atoms with van der Waals surface area (Å²) >= 11 is 0. The first kappa shape index (κ1) is 22.8. The van der Waals surface area contributed by atoms with Crippen LogP contribution in [0.3, 0.4) is 0 Å². The maximum absolute atomic E-state index is 5.56. The van der Waals surface area contributed by atoms with Crippen LogP contribution >= 0.6 is 0 Å². The molecule has 23 heavy (non-hydrogen) atoms. The summed E-state index contributed by atoms with van der Waals surface area (Å²) in [6.07, 6.45) is 6.29. The fourth-order valence-electron chi connectivity index (χ4n) is 1.95. The van der Waals surface area contributed by atoms with Crippen LogP contribution in [0.25, 0.3) is 0 Å². The van der Waals surface area contributed by atoms with E-state index in [0.29, 0.717) is 0 Å². The largest absolute Gasteiger partial charge is 0.381 e. The van der Waals surface area contributed by atoms with Gasteiger partial charge in [0, 0.05) is 52.9 Å². The fraction of sp³-hybridized carbons (Fsp3) is 1.00. The molecule has 0 heterocycles. The van der Waals surface area contributed by atoms with E-state index in [1.165, 1.54) is 0 Å². The van der Waals surface area contributed by atoms with E-state index in [2.05, 4.69) is 19.2 Å². The standard InChI is InChI=1S/C18H39NO4/c1-3-11-20-15-7-17-22-13-5-9-19-10-6-14-23-18-8-16-21-12-4-2/h19H,3-18H2,1-2H3. The van der Waals surface area contributed by atoms with E-state index in [0.717, 1.165) is 104 Å². The van der Waals surface area contributed by atoms with Crippen molar-refractivity contribution in [2.45, 2.75) is 52.4 Å². The summed E-state index contributed by atoms with van der Waals surface area (Å²) in [5, 5.41) is 3.41. The van der Waals surface area contributed by atoms with Gasteiger partial charge in [-0.3, -0.25) is 0 Å². The first-order chi connectivity index (χ1) is 11.4. The zero-order chi connectivity index (χ0) is 16.8. The number of rotatable bonds is 20. The molecule has 0 fully saturated rings. The van der Waals surface area contributed by atoms with E-state index in [-0.39, 0.29) is 0 Å². The molecule has 0 spiro atoms. The molecular formula is C18H39NO4. The molecule has 1 N–H and O–H groups in total. The summed E-state index contributed by atoms with van der Waals surface area (Å²) in [6, 6.07) is 0. The Hall–Kier alpha value is -0.200. The van der Waals surface area contributed by atoms with E-state index in [1.54, 1.807) is 0 Å². The Morgan fingerprint density at radius 3 is 1.22 bits per heavy atom. The molecule has 0 aliphatic carbocycles. The molecule has 0 aliphatic rings. The second-order valence-corrected chi connectivity index (χ2v) is 5.61. The number of hydrogen-bond donors (Lipinski definition) is 1. The van der Waals surface area contributed by atoms with Crippen molar-refractivity contribution in [1.82, 2.24) is 5.32 Å². The van der Waals surface area contributed by atoms with Gasteiger partial charge < -0.3 is 24.3 Å². The Bertz CT molecular complexity index is 185. The van der Waals surface area contributed by atoms with Gasteiger partial charge in [-0.2, -0.15) is 0 Å². The molecule has 5 heteroatoms. The molecule has 0 radical (unpaired) electrons. The van der Waals surface area contributed by atoms with Crippen molar-refractivity contribution in [2.75, 3.05) is 65.9 Å². The highest BCUT2D eigenvalue weighted by Crippen LogP contribution is 1.90. The third kappa shape index (κ3) is 21.8. The van der Waals surface area contributed by atoms with Gasteiger partial charge in [-0.1, -0.05) is 13.8 Å². The first-order valence-electron chi connectivity index (χ1n) is 9.43. The van der Waals surface area contributed by atoms with Crippen molar-refractivity contribution in [1.29, 1.82) is 0 Å². The predicted molar refractivity (Wildman–Crippen MR) is 95.2 cm³/mol. The molecule has 0 rings (SSSR count). The molecule has 140 valence electrons. The molecule has 0 saturated carbocycles. The van der Waals surface area contributed by atoms with Crippen LogP contribution in [-0.2, 0) is 18.9 Å². The summed E-state index contributed by atoms with van der Waals surface area (Å²) in [5.41, 5.74) is 0. The van der Waals surface area contributed by atoms with Crippen molar-refractivity contribution < 1.29 is 18.9 Å². The van der Waals surface area contributed by atoms with Gasteiger partial charge in [0.05, 0.1) is 0 Å². The summed E-state index contributed by atoms with van der Waals surface area (Å²) in [4.78, 5) is 0. The average Bonchev–Trinajstić information content (AvgIpc) is 2.57. The highest BCUT2D eigenvalue weighted by Gasteiger charge is 1.93. The Morgan fingerprint density at radius 1 is 0.478 bits per heavy atom. The van der Waals surface area contributed by atoms with E-state index in [9.17, 15) is 0 Å². The Labute approximate surface area is 143 Å². The number of ether oxygens (including phenoxy) is 4. The topological polar surface area (TPSA) is 49.0 Å². The van der Waals surface area contributed by atoms with Gasteiger partial charge >= 0.3 is 0 Å². The van der Waals surface area contributed by atoms with Crippen molar-refractivity contribution in [2.24, 2.45) is 0 Å². The SMILES string of the molecule is CCCOCCCOCCCNCCCOCCCOCCC. The lowest BCUT2D eigenvalue weighted by atomic mass is 10.4. The van der Waals surface area contributed by atoms with Gasteiger partial charge in [0.2, 0.25) is 0 Å². The van der Waals surface area contributed by atoms with Crippen LogP contribution in [0.5, 0.6) is 0 Å². The minimum absolute atomic E-state index is 0.805. The highest BCUT2D eigenvalue weighted by molar-refractivity contribution is 4.48. The van der Waals surface area contributed by atoms with Crippen LogP contribution in [0.2, 0.25) is 0 Å². The summed E-state index contributed by atoms with van der Waals surface area (Å²) in [7, 11) is 0. The second kappa shape index (κ2) is 21.8. The van der Waals surface area contributed by atoms with Gasteiger partial charge in [-0.05, 0) is 51.6 Å². The smallest absolute Gasteiger partial charge is 0.0487 e. The highest BCUT2D eigenvalue weighted by atomic mass is 16.5. The molecule has 0 aromatic rings. The van der Waals surface area contributed by atoms with Crippen molar-refractivity contribution in [3.05, 3.63) is 0 Å². The lowest BCUT2D eigenvalue weighted by Gasteiger charge is -2.07. The Balaban J connectivity index is 2.92. The van der Waals surface area contributed by atoms with Crippen molar-refractivity contribution >= 4 is 0 Å². The minimum atomic E-state index is 0.805. The summed E-state index contributed by atoms with van der Waals surface area (Å²) in [5.74, 6) is 0. The predicted octanol–water partition coefficient (Wildman–Crippen LogP) is 3.02. The van der Waals surface area contributed by atoms with E-state index in [1.807, 2.05) is 0 Å². The quantitative estimate of drug-likeness (QED) is 0.347. The zero-order valence-corrected chi connectivity index (χ0v) is 15.4. The Kier molecular flexibility index (Phi) is 21.6. The fourth-order valence-corrected chi connectivity index (χ4v) is 1.95. The second-order valence-electron chi connectivity index (χ2n) is 5.61. The lowest BCUT2D eigenvalue weighted by Crippen LogP contribution is -2.19. The zero-order valence-electron chi connectivity index (χ0n) is 15.4. The monoisotopic (exact) mass is 333 g/mol. The molecule has 0 aromatic heterocycles. The molecule has 0 bridgehead atoms. The Morgan fingerprint density at radius 2 is 0.826 bits per heavy atom. The van der Waals surface area contributed by atoms with Gasteiger partial charge in [-0.25, -0.2) is 0 Å². The van der Waals surface area contributed by atoms with Gasteiger partial charge in [0.15, 0.2) is 0 Å². The van der Waals surface area contributed by atoms with Crippen molar-refractivity contribution in [3.8, 4) is 0 Å². The van der Waals surface area contributed by atoms with Crippen molar-refractivity contribution in [3.63, 3.8) is 0 Å². The molecular weight excluding hydrogens is 294 g/mol. The molecule has 0 atom stereocenters. The van der Waals surface area contributed by atoms with Crippen LogP contribution in [0, 0.1) is 0 Å². The third-order valence-corrected chi connectivity index (χ3v) is 3.14.